The van der Waals surface area contributed by atoms with E-state index in [1.807, 2.05) is 12.4 Å². The van der Waals surface area contributed by atoms with Crippen molar-refractivity contribution < 1.29 is 0 Å². The van der Waals surface area contributed by atoms with Crippen molar-refractivity contribution in [1.29, 1.82) is 0 Å². The molecule has 0 amide bonds. The largest absolute Gasteiger partial charge is 0.316 e. The number of hydrogen-bond donors (Lipinski definition) is 1. The normalized spacial score (nSPS) is 24.9. The fraction of sp³-hybridized carbons (Fsp3) is 0.500. The molecule has 0 spiro atoms. The highest BCUT2D eigenvalue weighted by atomic mass is 35.5. The Bertz CT molecular complexity index is 258. The van der Waals surface area contributed by atoms with Gasteiger partial charge in [0.25, 0.3) is 0 Å². The summed E-state index contributed by atoms with van der Waals surface area (Å²) in [7, 11) is 0. The van der Waals surface area contributed by atoms with Crippen LogP contribution in [0.15, 0.2) is 24.5 Å². The lowest BCUT2D eigenvalue weighted by Gasteiger charge is -2.22. The molecule has 14 heavy (non-hydrogen) atoms. The summed E-state index contributed by atoms with van der Waals surface area (Å²) in [6.07, 6.45) is 4.98. The smallest absolute Gasteiger partial charge is 0.0270 e. The van der Waals surface area contributed by atoms with Crippen LogP contribution in [-0.4, -0.2) is 18.1 Å². The number of nitrogens with one attached hydrogen (secondary N) is 1. The topological polar surface area (TPSA) is 24.9 Å². The number of pyridine rings is 1. The second kappa shape index (κ2) is 5.54. The van der Waals surface area contributed by atoms with Crippen molar-refractivity contribution in [2.24, 2.45) is 0 Å². The number of hydrogen-bond acceptors (Lipinski definition) is 2. The summed E-state index contributed by atoms with van der Waals surface area (Å²) in [5.74, 6) is 0. The minimum atomic E-state index is 0. The first-order valence-electron chi connectivity index (χ1n) is 4.42. The predicted octanol–water partition coefficient (Wildman–Crippen LogP) is 2.18. The highest BCUT2D eigenvalue weighted by Gasteiger charge is 2.29. The summed E-state index contributed by atoms with van der Waals surface area (Å²) in [6, 6.07) is 4.24. The molecule has 0 radical (unpaired) electrons. The van der Waals surface area contributed by atoms with E-state index in [0.717, 1.165) is 13.1 Å². The summed E-state index contributed by atoms with van der Waals surface area (Å²) in [4.78, 5) is 4.03. The van der Waals surface area contributed by atoms with Crippen molar-refractivity contribution in [3.63, 3.8) is 0 Å². The number of halogens is 2. The van der Waals surface area contributed by atoms with Gasteiger partial charge in [0.05, 0.1) is 0 Å². The minimum absolute atomic E-state index is 0. The van der Waals surface area contributed by atoms with Crippen LogP contribution in [0.1, 0.15) is 18.9 Å². The van der Waals surface area contributed by atoms with Crippen molar-refractivity contribution in [3.8, 4) is 0 Å². The van der Waals surface area contributed by atoms with Crippen molar-refractivity contribution in [2.75, 3.05) is 13.1 Å². The Hall–Kier alpha value is -0.310. The van der Waals surface area contributed by atoms with E-state index in [1.165, 1.54) is 12.0 Å². The fourth-order valence-corrected chi connectivity index (χ4v) is 1.82. The van der Waals surface area contributed by atoms with Gasteiger partial charge in [0.2, 0.25) is 0 Å². The van der Waals surface area contributed by atoms with Gasteiger partial charge >= 0.3 is 0 Å². The summed E-state index contributed by atoms with van der Waals surface area (Å²) in [5.41, 5.74) is 1.74. The van der Waals surface area contributed by atoms with Crippen LogP contribution >= 0.6 is 24.8 Å². The molecule has 1 N–H and O–H groups in total. The molecular formula is C10H16Cl2N2. The standard InChI is InChI=1S/C10H14N2.2ClH/c1-10(4-7-12-8-10)9-2-5-11-6-3-9;;/h2-3,5-6,12H,4,7-8H2,1H3;2*1H. The van der Waals surface area contributed by atoms with Crippen LogP contribution in [-0.2, 0) is 5.41 Å². The van der Waals surface area contributed by atoms with Gasteiger partial charge in [-0.1, -0.05) is 6.92 Å². The first-order valence-corrected chi connectivity index (χ1v) is 4.42. The van der Waals surface area contributed by atoms with E-state index in [-0.39, 0.29) is 24.8 Å². The highest BCUT2D eigenvalue weighted by molar-refractivity contribution is 5.85. The summed E-state index contributed by atoms with van der Waals surface area (Å²) >= 11 is 0. The number of nitrogens with zero attached hydrogens (tertiary/aromatic N) is 1. The first kappa shape index (κ1) is 13.7. The van der Waals surface area contributed by atoms with Gasteiger partial charge < -0.3 is 5.32 Å². The van der Waals surface area contributed by atoms with Crippen LogP contribution in [0.4, 0.5) is 0 Å². The monoisotopic (exact) mass is 234 g/mol. The van der Waals surface area contributed by atoms with Crippen LogP contribution in [0.25, 0.3) is 0 Å². The van der Waals surface area contributed by atoms with Crippen molar-refractivity contribution >= 4 is 24.8 Å². The summed E-state index contributed by atoms with van der Waals surface area (Å²) < 4.78 is 0. The Balaban J connectivity index is 0.000000845. The molecule has 4 heteroatoms. The average molecular weight is 235 g/mol. The van der Waals surface area contributed by atoms with E-state index < -0.39 is 0 Å². The van der Waals surface area contributed by atoms with Crippen LogP contribution in [0.3, 0.4) is 0 Å². The van der Waals surface area contributed by atoms with Gasteiger partial charge in [0, 0.05) is 24.4 Å². The molecule has 80 valence electrons. The molecular weight excluding hydrogens is 219 g/mol. The summed E-state index contributed by atoms with van der Waals surface area (Å²) in [6.45, 7) is 4.54. The SMILES string of the molecule is CC1(c2ccncc2)CCNC1.Cl.Cl. The fourth-order valence-electron chi connectivity index (χ4n) is 1.82. The molecule has 2 heterocycles. The van der Waals surface area contributed by atoms with Gasteiger partial charge in [-0.25, -0.2) is 0 Å². The first-order chi connectivity index (χ1) is 5.81. The lowest BCUT2D eigenvalue weighted by molar-refractivity contribution is 0.524. The van der Waals surface area contributed by atoms with Crippen molar-refractivity contribution in [2.45, 2.75) is 18.8 Å². The quantitative estimate of drug-likeness (QED) is 0.806. The zero-order chi connectivity index (χ0) is 8.44. The lowest BCUT2D eigenvalue weighted by atomic mass is 9.82. The molecule has 0 bridgehead atoms. The highest BCUT2D eigenvalue weighted by Crippen LogP contribution is 2.28. The molecule has 1 atom stereocenters. The molecule has 0 saturated carbocycles. The Kier molecular flexibility index (Phi) is 5.42. The van der Waals surface area contributed by atoms with E-state index in [4.69, 9.17) is 0 Å². The van der Waals surface area contributed by atoms with Crippen LogP contribution in [0.2, 0.25) is 0 Å². The molecule has 0 aliphatic carbocycles. The molecule has 1 aliphatic rings. The maximum absolute atomic E-state index is 4.03. The van der Waals surface area contributed by atoms with Crippen LogP contribution < -0.4 is 5.32 Å². The third-order valence-corrected chi connectivity index (χ3v) is 2.75. The Morgan fingerprint density at radius 2 is 1.93 bits per heavy atom. The molecule has 1 unspecified atom stereocenters. The number of aromatic nitrogens is 1. The minimum Gasteiger partial charge on any atom is -0.316 e. The van der Waals surface area contributed by atoms with Gasteiger partial charge in [-0.15, -0.1) is 24.8 Å². The number of rotatable bonds is 1. The molecule has 1 aromatic heterocycles. The van der Waals surface area contributed by atoms with E-state index in [0.29, 0.717) is 5.41 Å². The van der Waals surface area contributed by atoms with Gasteiger partial charge in [-0.3, -0.25) is 4.98 Å². The third-order valence-electron chi connectivity index (χ3n) is 2.75. The second-order valence-electron chi connectivity index (χ2n) is 3.72. The molecule has 1 fully saturated rings. The average Bonchev–Trinajstić information content (AvgIpc) is 2.55. The van der Waals surface area contributed by atoms with Gasteiger partial charge in [-0.05, 0) is 30.7 Å². The van der Waals surface area contributed by atoms with E-state index in [2.05, 4.69) is 29.4 Å². The van der Waals surface area contributed by atoms with Crippen LogP contribution in [0, 0.1) is 0 Å². The molecule has 2 rings (SSSR count). The Morgan fingerprint density at radius 3 is 2.43 bits per heavy atom. The zero-order valence-corrected chi connectivity index (χ0v) is 9.83. The van der Waals surface area contributed by atoms with E-state index >= 15 is 0 Å². The van der Waals surface area contributed by atoms with Gasteiger partial charge in [0.1, 0.15) is 0 Å². The Morgan fingerprint density at radius 1 is 1.29 bits per heavy atom. The van der Waals surface area contributed by atoms with Crippen LogP contribution in [0.5, 0.6) is 0 Å². The van der Waals surface area contributed by atoms with E-state index in [9.17, 15) is 0 Å². The zero-order valence-electron chi connectivity index (χ0n) is 8.19. The maximum atomic E-state index is 4.03. The predicted molar refractivity (Wildman–Crippen MR) is 63.6 cm³/mol. The maximum Gasteiger partial charge on any atom is 0.0270 e. The third kappa shape index (κ3) is 2.59. The van der Waals surface area contributed by atoms with Crippen molar-refractivity contribution in [1.82, 2.24) is 10.3 Å². The van der Waals surface area contributed by atoms with Gasteiger partial charge in [-0.2, -0.15) is 0 Å². The molecule has 1 saturated heterocycles. The second-order valence-corrected chi connectivity index (χ2v) is 3.72. The molecule has 1 aromatic rings. The van der Waals surface area contributed by atoms with E-state index in [1.54, 1.807) is 0 Å². The molecule has 2 nitrogen and oxygen atoms in total. The summed E-state index contributed by atoms with van der Waals surface area (Å²) in [5, 5.41) is 3.39. The molecule has 0 aromatic carbocycles. The van der Waals surface area contributed by atoms with Gasteiger partial charge in [0.15, 0.2) is 0 Å². The Labute approximate surface area is 97.3 Å². The lowest BCUT2D eigenvalue weighted by Crippen LogP contribution is -2.24. The molecule has 1 aliphatic heterocycles. The van der Waals surface area contributed by atoms with Crippen molar-refractivity contribution in [3.05, 3.63) is 30.1 Å².